The predicted molar refractivity (Wildman–Crippen MR) is 140 cm³/mol. The lowest BCUT2D eigenvalue weighted by molar-refractivity contribution is -0.0210. The van der Waals surface area contributed by atoms with Crippen molar-refractivity contribution < 1.29 is 28.3 Å². The SMILES string of the molecule is O=C1c2ccccc2C(=O)C12O[C@@H](c1ccc(Cl)cc1)C1(C(=O)c3ccccc3C1=O)[C@H]2c1cccc(F)c1. The smallest absolute Gasteiger partial charge is 0.204 e. The van der Waals surface area contributed by atoms with Crippen LogP contribution >= 0.6 is 11.6 Å². The number of halogens is 2. The Bertz CT molecular complexity index is 1690. The minimum atomic E-state index is -2.27. The number of carbonyl (C=O) groups excluding carboxylic acids is 4. The lowest BCUT2D eigenvalue weighted by atomic mass is 9.60. The fraction of sp³-hybridized carbons (Fsp3) is 0.125. The molecular formula is C32H18ClFO5. The van der Waals surface area contributed by atoms with Crippen LogP contribution in [0, 0.1) is 11.2 Å². The summed E-state index contributed by atoms with van der Waals surface area (Å²) in [5.41, 5.74) is -3.19. The van der Waals surface area contributed by atoms with E-state index in [1.807, 2.05) is 0 Å². The van der Waals surface area contributed by atoms with Gasteiger partial charge in [-0.25, -0.2) is 4.39 Å². The van der Waals surface area contributed by atoms with Crippen LogP contribution in [0.3, 0.4) is 0 Å². The zero-order chi connectivity index (χ0) is 27.1. The average molecular weight is 537 g/mol. The molecule has 2 atom stereocenters. The number of rotatable bonds is 2. The van der Waals surface area contributed by atoms with Gasteiger partial charge in [-0.1, -0.05) is 84.4 Å². The second-order valence-corrected chi connectivity index (χ2v) is 10.5. The van der Waals surface area contributed by atoms with Gasteiger partial charge in [-0.15, -0.1) is 0 Å². The molecule has 7 heteroatoms. The molecule has 0 saturated carbocycles. The Morgan fingerprint density at radius 2 is 1.13 bits per heavy atom. The first-order valence-corrected chi connectivity index (χ1v) is 12.8. The van der Waals surface area contributed by atoms with E-state index in [1.54, 1.807) is 60.7 Å². The molecule has 0 N–H and O–H groups in total. The van der Waals surface area contributed by atoms with Gasteiger partial charge in [-0.05, 0) is 35.4 Å². The van der Waals surface area contributed by atoms with Crippen molar-refractivity contribution in [2.75, 3.05) is 0 Å². The number of Topliss-reactive ketones (excluding diaryl/α,β-unsaturated/α-hetero) is 4. The Balaban J connectivity index is 1.60. The van der Waals surface area contributed by atoms with E-state index in [9.17, 15) is 23.6 Å². The van der Waals surface area contributed by atoms with E-state index in [2.05, 4.69) is 0 Å². The summed E-state index contributed by atoms with van der Waals surface area (Å²) in [6.07, 6.45) is -1.34. The molecule has 1 heterocycles. The van der Waals surface area contributed by atoms with Crippen molar-refractivity contribution in [2.24, 2.45) is 5.41 Å². The van der Waals surface area contributed by atoms with E-state index in [1.165, 1.54) is 30.3 Å². The van der Waals surface area contributed by atoms with Crippen LogP contribution in [-0.4, -0.2) is 28.7 Å². The van der Waals surface area contributed by atoms with E-state index in [0.29, 0.717) is 10.6 Å². The zero-order valence-corrected chi connectivity index (χ0v) is 20.9. The van der Waals surface area contributed by atoms with Gasteiger partial charge in [-0.2, -0.15) is 0 Å². The summed E-state index contributed by atoms with van der Waals surface area (Å²) >= 11 is 6.15. The van der Waals surface area contributed by atoms with Gasteiger partial charge in [0.05, 0.1) is 5.92 Å². The number of hydrogen-bond acceptors (Lipinski definition) is 5. The van der Waals surface area contributed by atoms with Crippen LogP contribution in [0.2, 0.25) is 5.02 Å². The molecular weight excluding hydrogens is 519 g/mol. The van der Waals surface area contributed by atoms with Gasteiger partial charge < -0.3 is 4.74 Å². The largest absolute Gasteiger partial charge is 0.348 e. The zero-order valence-electron chi connectivity index (χ0n) is 20.2. The highest BCUT2D eigenvalue weighted by Crippen LogP contribution is 2.67. The molecule has 3 aliphatic rings. The first-order valence-electron chi connectivity index (χ1n) is 12.4. The Hall–Kier alpha value is -4.26. The van der Waals surface area contributed by atoms with Crippen LogP contribution in [0.25, 0.3) is 0 Å². The van der Waals surface area contributed by atoms with Crippen molar-refractivity contribution in [3.8, 4) is 0 Å². The Morgan fingerprint density at radius 3 is 1.64 bits per heavy atom. The summed E-state index contributed by atoms with van der Waals surface area (Å²) in [6.45, 7) is 0. The van der Waals surface area contributed by atoms with Gasteiger partial charge in [-0.3, -0.25) is 19.2 Å². The third-order valence-corrected chi connectivity index (χ3v) is 8.44. The lowest BCUT2D eigenvalue weighted by Crippen LogP contribution is -2.51. The maximum atomic E-state index is 14.8. The summed E-state index contributed by atoms with van der Waals surface area (Å²) in [4.78, 5) is 57.6. The number of carbonyl (C=O) groups is 4. The quantitative estimate of drug-likeness (QED) is 0.284. The molecule has 2 spiro atoms. The average Bonchev–Trinajstić information content (AvgIpc) is 3.47. The maximum Gasteiger partial charge on any atom is 0.204 e. The molecule has 4 aromatic carbocycles. The fourth-order valence-corrected chi connectivity index (χ4v) is 6.78. The number of hydrogen-bond donors (Lipinski definition) is 0. The van der Waals surface area contributed by atoms with Crippen LogP contribution in [0.15, 0.2) is 97.1 Å². The molecule has 0 radical (unpaired) electrons. The molecule has 0 unspecified atom stereocenters. The Labute approximate surface area is 227 Å². The number of benzene rings is 4. The highest BCUT2D eigenvalue weighted by Gasteiger charge is 2.79. The monoisotopic (exact) mass is 536 g/mol. The predicted octanol–water partition coefficient (Wildman–Crippen LogP) is 6.22. The van der Waals surface area contributed by atoms with Crippen molar-refractivity contribution >= 4 is 34.7 Å². The van der Waals surface area contributed by atoms with Gasteiger partial charge in [0.15, 0.2) is 11.6 Å². The van der Waals surface area contributed by atoms with Gasteiger partial charge in [0.2, 0.25) is 17.2 Å². The lowest BCUT2D eigenvalue weighted by Gasteiger charge is -2.34. The number of ether oxygens (including phenoxy) is 1. The van der Waals surface area contributed by atoms with Gasteiger partial charge in [0.1, 0.15) is 17.3 Å². The molecule has 190 valence electrons. The summed E-state index contributed by atoms with van der Waals surface area (Å²) in [7, 11) is 0. The van der Waals surface area contributed by atoms with E-state index in [4.69, 9.17) is 16.3 Å². The first kappa shape index (κ1) is 23.8. The Kier molecular flexibility index (Phi) is 4.96. The maximum absolute atomic E-state index is 14.8. The van der Waals surface area contributed by atoms with Crippen molar-refractivity contribution in [2.45, 2.75) is 17.6 Å². The van der Waals surface area contributed by atoms with Gasteiger partial charge >= 0.3 is 0 Å². The summed E-state index contributed by atoms with van der Waals surface area (Å²) < 4.78 is 21.3. The van der Waals surface area contributed by atoms with E-state index >= 15 is 0 Å². The number of fused-ring (bicyclic) bond motifs is 2. The molecule has 0 bridgehead atoms. The van der Waals surface area contributed by atoms with Crippen LogP contribution in [-0.2, 0) is 4.74 Å². The summed E-state index contributed by atoms with van der Waals surface area (Å²) in [5.74, 6) is -4.56. The van der Waals surface area contributed by atoms with Gasteiger partial charge in [0, 0.05) is 27.3 Å². The van der Waals surface area contributed by atoms with Crippen LogP contribution in [0.5, 0.6) is 0 Å². The second kappa shape index (κ2) is 8.12. The van der Waals surface area contributed by atoms with Crippen LogP contribution in [0.4, 0.5) is 4.39 Å². The Morgan fingerprint density at radius 1 is 0.615 bits per heavy atom. The van der Waals surface area contributed by atoms with Crippen molar-refractivity contribution in [1.82, 2.24) is 0 Å². The van der Waals surface area contributed by atoms with Gasteiger partial charge in [0.25, 0.3) is 0 Å². The molecule has 5 nitrogen and oxygen atoms in total. The molecule has 1 saturated heterocycles. The topological polar surface area (TPSA) is 77.5 Å². The molecule has 1 aliphatic heterocycles. The van der Waals surface area contributed by atoms with E-state index in [0.717, 1.165) is 6.07 Å². The molecule has 0 aromatic heterocycles. The molecule has 2 aliphatic carbocycles. The van der Waals surface area contributed by atoms with Crippen LogP contribution in [0.1, 0.15) is 64.6 Å². The molecule has 1 fully saturated rings. The minimum Gasteiger partial charge on any atom is -0.348 e. The van der Waals surface area contributed by atoms with E-state index < -0.39 is 52.0 Å². The minimum absolute atomic E-state index is 0.131. The molecule has 0 amide bonds. The molecule has 7 rings (SSSR count). The highest BCUT2D eigenvalue weighted by molar-refractivity contribution is 6.37. The fourth-order valence-electron chi connectivity index (χ4n) is 6.65. The normalized spacial score (nSPS) is 22.1. The third kappa shape index (κ3) is 2.87. The van der Waals surface area contributed by atoms with Crippen molar-refractivity contribution in [3.63, 3.8) is 0 Å². The first-order chi connectivity index (χ1) is 18.8. The summed E-state index contributed by atoms with van der Waals surface area (Å²) in [5, 5.41) is 0.412. The molecule has 39 heavy (non-hydrogen) atoms. The summed E-state index contributed by atoms with van der Waals surface area (Å²) in [6, 6.07) is 24.4. The number of ketones is 4. The third-order valence-electron chi connectivity index (χ3n) is 8.19. The van der Waals surface area contributed by atoms with Crippen molar-refractivity contribution in [1.29, 1.82) is 0 Å². The van der Waals surface area contributed by atoms with Crippen LogP contribution < -0.4 is 0 Å². The highest BCUT2D eigenvalue weighted by atomic mass is 35.5. The van der Waals surface area contributed by atoms with Crippen molar-refractivity contribution in [3.05, 3.63) is 141 Å². The standard InChI is InChI=1S/C32H18ClFO5/c33-19-14-12-17(13-15-19)30-31(26(35)21-8-1-2-9-22(21)27(31)36)25(18-6-5-7-20(34)16-18)32(39-30)28(37)23-10-3-4-11-24(23)29(32)38/h1-16,25,30H/t25-,30+/m1/s1. The molecule has 4 aromatic rings. The van der Waals surface area contributed by atoms with E-state index in [-0.39, 0.29) is 27.8 Å². The second-order valence-electron chi connectivity index (χ2n) is 10.0.